The summed E-state index contributed by atoms with van der Waals surface area (Å²) in [5.74, 6) is -2.52. The molecule has 3 N–H and O–H groups in total. The molecule has 0 aliphatic heterocycles. The van der Waals surface area contributed by atoms with Crippen molar-refractivity contribution in [3.8, 4) is 17.0 Å². The van der Waals surface area contributed by atoms with Crippen LogP contribution in [0, 0.1) is 0 Å². The van der Waals surface area contributed by atoms with Crippen molar-refractivity contribution < 1.29 is 23.9 Å². The number of pyridine rings is 1. The molecule has 0 saturated heterocycles. The van der Waals surface area contributed by atoms with E-state index < -0.39 is 23.4 Å². The molecular formula is C20H23N3O5. The molecule has 1 aromatic heterocycles. The van der Waals surface area contributed by atoms with Gasteiger partial charge in [0.2, 0.25) is 0 Å². The molecule has 0 spiro atoms. The van der Waals surface area contributed by atoms with Crippen molar-refractivity contribution in [2.45, 2.75) is 32.4 Å². The predicted molar refractivity (Wildman–Crippen MR) is 103 cm³/mol. The summed E-state index contributed by atoms with van der Waals surface area (Å²) < 4.78 is 10.6. The van der Waals surface area contributed by atoms with Crippen LogP contribution in [0.5, 0.6) is 5.75 Å². The minimum atomic E-state index is -2.23. The summed E-state index contributed by atoms with van der Waals surface area (Å²) in [6, 6.07) is 10.2. The number of likely N-dealkylation sites (N-methyl/N-ethyl adjacent to an activating group) is 1. The van der Waals surface area contributed by atoms with Crippen molar-refractivity contribution in [3.63, 3.8) is 0 Å². The number of nitrogens with two attached hydrogens (primary N) is 1. The van der Waals surface area contributed by atoms with E-state index in [0.29, 0.717) is 17.7 Å². The van der Waals surface area contributed by atoms with Crippen molar-refractivity contribution in [1.29, 1.82) is 0 Å². The van der Waals surface area contributed by atoms with Crippen molar-refractivity contribution in [3.05, 3.63) is 42.6 Å². The SMILES string of the molecule is CCCC(=O)OC(=O)C(NC)(Oc1c(N)cccc1-c1ccccn1)C(C)=O. The predicted octanol–water partition coefficient (Wildman–Crippen LogP) is 2.08. The molecule has 0 bridgehead atoms. The van der Waals surface area contributed by atoms with E-state index >= 15 is 0 Å². The highest BCUT2D eigenvalue weighted by Crippen LogP contribution is 2.36. The number of aromatic nitrogens is 1. The van der Waals surface area contributed by atoms with E-state index in [1.165, 1.54) is 7.05 Å². The van der Waals surface area contributed by atoms with Crippen molar-refractivity contribution >= 4 is 23.4 Å². The summed E-state index contributed by atoms with van der Waals surface area (Å²) >= 11 is 0. The monoisotopic (exact) mass is 385 g/mol. The lowest BCUT2D eigenvalue weighted by Crippen LogP contribution is -2.61. The van der Waals surface area contributed by atoms with Gasteiger partial charge in [-0.15, -0.1) is 0 Å². The number of para-hydroxylation sites is 1. The van der Waals surface area contributed by atoms with Crippen LogP contribution in [0.15, 0.2) is 42.6 Å². The average molecular weight is 385 g/mol. The molecule has 0 aliphatic rings. The number of ketones is 1. The lowest BCUT2D eigenvalue weighted by atomic mass is 10.1. The summed E-state index contributed by atoms with van der Waals surface area (Å²) in [5, 5.41) is 2.54. The summed E-state index contributed by atoms with van der Waals surface area (Å²) in [7, 11) is 1.35. The summed E-state index contributed by atoms with van der Waals surface area (Å²) in [5.41, 5.74) is 5.03. The fourth-order valence-corrected chi connectivity index (χ4v) is 2.56. The van der Waals surface area contributed by atoms with E-state index in [1.54, 1.807) is 49.5 Å². The van der Waals surface area contributed by atoms with Gasteiger partial charge < -0.3 is 15.2 Å². The standard InChI is InChI=1S/C20H23N3O5/c1-4-8-17(25)27-19(26)20(22-3,13(2)24)28-18-14(9-7-10-15(18)21)16-11-5-6-12-23-16/h5-7,9-12,22H,4,8,21H2,1-3H3. The smallest absolute Gasteiger partial charge is 0.382 e. The number of nitrogen functional groups attached to an aromatic ring is 1. The first-order valence-corrected chi connectivity index (χ1v) is 8.79. The Kier molecular flexibility index (Phi) is 6.84. The number of hydrogen-bond donors (Lipinski definition) is 2. The van der Waals surface area contributed by atoms with Gasteiger partial charge in [0.15, 0.2) is 11.5 Å². The summed E-state index contributed by atoms with van der Waals surface area (Å²) in [6.07, 6.45) is 2.13. The minimum absolute atomic E-state index is 0.0378. The fourth-order valence-electron chi connectivity index (χ4n) is 2.56. The molecule has 0 amide bonds. The number of nitrogens with zero attached hydrogens (tertiary/aromatic N) is 1. The lowest BCUT2D eigenvalue weighted by Gasteiger charge is -2.30. The molecule has 28 heavy (non-hydrogen) atoms. The zero-order valence-electron chi connectivity index (χ0n) is 16.0. The third-order valence-electron chi connectivity index (χ3n) is 4.04. The Labute approximate surface area is 163 Å². The minimum Gasteiger partial charge on any atom is -0.452 e. The van der Waals surface area contributed by atoms with Gasteiger partial charge in [-0.2, -0.15) is 0 Å². The molecule has 1 unspecified atom stereocenters. The van der Waals surface area contributed by atoms with Crippen LogP contribution < -0.4 is 15.8 Å². The quantitative estimate of drug-likeness (QED) is 0.307. The second-order valence-electron chi connectivity index (χ2n) is 6.04. The van der Waals surface area contributed by atoms with E-state index in [2.05, 4.69) is 10.3 Å². The zero-order chi connectivity index (χ0) is 20.7. The Balaban J connectivity index is 2.50. The van der Waals surface area contributed by atoms with Crippen LogP contribution >= 0.6 is 0 Å². The zero-order valence-corrected chi connectivity index (χ0v) is 16.0. The van der Waals surface area contributed by atoms with Gasteiger partial charge in [0.05, 0.1) is 11.4 Å². The van der Waals surface area contributed by atoms with Gasteiger partial charge in [0.1, 0.15) is 0 Å². The molecule has 1 heterocycles. The van der Waals surface area contributed by atoms with E-state index in [9.17, 15) is 14.4 Å². The molecule has 1 aromatic carbocycles. The van der Waals surface area contributed by atoms with Gasteiger partial charge in [-0.05, 0) is 37.7 Å². The number of esters is 2. The Morgan fingerprint density at radius 2 is 1.93 bits per heavy atom. The summed E-state index contributed by atoms with van der Waals surface area (Å²) in [4.78, 5) is 41.1. The second kappa shape index (κ2) is 9.09. The molecule has 0 fully saturated rings. The van der Waals surface area contributed by atoms with Gasteiger partial charge >= 0.3 is 17.7 Å². The average Bonchev–Trinajstić information content (AvgIpc) is 2.67. The number of rotatable bonds is 8. The highest BCUT2D eigenvalue weighted by Gasteiger charge is 2.48. The van der Waals surface area contributed by atoms with Gasteiger partial charge in [0.25, 0.3) is 0 Å². The second-order valence-corrected chi connectivity index (χ2v) is 6.04. The maximum absolute atomic E-state index is 12.7. The molecule has 1 atom stereocenters. The van der Waals surface area contributed by atoms with Crippen LogP contribution in [0.2, 0.25) is 0 Å². The topological polar surface area (TPSA) is 121 Å². The molecular weight excluding hydrogens is 362 g/mol. The largest absolute Gasteiger partial charge is 0.452 e. The van der Waals surface area contributed by atoms with Crippen LogP contribution in [0.4, 0.5) is 5.69 Å². The molecule has 0 radical (unpaired) electrons. The van der Waals surface area contributed by atoms with Crippen LogP contribution in [-0.2, 0) is 19.1 Å². The van der Waals surface area contributed by atoms with Crippen LogP contribution in [-0.4, -0.2) is 35.5 Å². The Morgan fingerprint density at radius 3 is 2.50 bits per heavy atom. The number of carbonyl (C=O) groups is 3. The maximum Gasteiger partial charge on any atom is 0.382 e. The molecule has 2 aromatic rings. The number of anilines is 1. The van der Waals surface area contributed by atoms with Gasteiger partial charge in [-0.1, -0.05) is 19.1 Å². The van der Waals surface area contributed by atoms with Crippen LogP contribution in [0.3, 0.4) is 0 Å². The number of ether oxygens (including phenoxy) is 2. The van der Waals surface area contributed by atoms with E-state index in [4.69, 9.17) is 15.2 Å². The highest BCUT2D eigenvalue weighted by atomic mass is 16.6. The molecule has 148 valence electrons. The fraction of sp³-hybridized carbons (Fsp3) is 0.300. The van der Waals surface area contributed by atoms with Crippen LogP contribution in [0.1, 0.15) is 26.7 Å². The molecule has 8 heteroatoms. The van der Waals surface area contributed by atoms with E-state index in [0.717, 1.165) is 6.92 Å². The number of benzene rings is 1. The Bertz CT molecular complexity index is 869. The first-order chi connectivity index (χ1) is 13.4. The third-order valence-corrected chi connectivity index (χ3v) is 4.04. The highest BCUT2D eigenvalue weighted by molar-refractivity contribution is 6.08. The number of carbonyl (C=O) groups excluding carboxylic acids is 3. The van der Waals surface area contributed by atoms with Crippen LogP contribution in [0.25, 0.3) is 11.3 Å². The summed E-state index contributed by atoms with van der Waals surface area (Å²) in [6.45, 7) is 2.92. The lowest BCUT2D eigenvalue weighted by molar-refractivity contribution is -0.175. The normalized spacial score (nSPS) is 12.7. The third kappa shape index (κ3) is 4.34. The van der Waals surface area contributed by atoms with E-state index in [-0.39, 0.29) is 17.9 Å². The molecule has 0 saturated carbocycles. The Morgan fingerprint density at radius 1 is 1.18 bits per heavy atom. The van der Waals surface area contributed by atoms with Gasteiger partial charge in [0, 0.05) is 25.1 Å². The van der Waals surface area contributed by atoms with Gasteiger partial charge in [-0.3, -0.25) is 19.9 Å². The Hall–Kier alpha value is -3.26. The number of nitrogens with one attached hydrogen (secondary N) is 1. The molecule has 8 nitrogen and oxygen atoms in total. The van der Waals surface area contributed by atoms with Crippen molar-refractivity contribution in [2.75, 3.05) is 12.8 Å². The van der Waals surface area contributed by atoms with Gasteiger partial charge in [-0.25, -0.2) is 4.79 Å². The molecule has 0 aliphatic carbocycles. The van der Waals surface area contributed by atoms with E-state index in [1.807, 2.05) is 0 Å². The first-order valence-electron chi connectivity index (χ1n) is 8.79. The first kappa shape index (κ1) is 21.0. The molecule has 2 rings (SSSR count). The maximum atomic E-state index is 12.7. The van der Waals surface area contributed by atoms with Crippen molar-refractivity contribution in [2.24, 2.45) is 0 Å². The number of hydrogen-bond acceptors (Lipinski definition) is 8. The number of Topliss-reactive ketones (excluding diaryl/α,β-unsaturated/α-hetero) is 1. The van der Waals surface area contributed by atoms with Crippen molar-refractivity contribution in [1.82, 2.24) is 10.3 Å².